The first-order valence-electron chi connectivity index (χ1n) is 21.3. The molecule has 4 rings (SSSR count). The van der Waals surface area contributed by atoms with E-state index >= 15 is 0 Å². The summed E-state index contributed by atoms with van der Waals surface area (Å²) in [6.07, 6.45) is -0.334. The Hall–Kier alpha value is -5.75. The SMILES string of the molecule is CC(C)(C)OC(=O)N[C@@H](Cc1ccccc1)C(=O)N[C@@H](Cc1ccccc1)C(=O)N[C@@H](Cc1ccccc1)C(=O)N[C@@H](Cc1ccccc1)C(=O)O[Si](C)(C(C)(C)C)C(C)(C)C. The van der Waals surface area contributed by atoms with Crippen LogP contribution in [0.1, 0.15) is 84.6 Å². The summed E-state index contributed by atoms with van der Waals surface area (Å²) in [5.41, 5.74) is 2.31. The highest BCUT2D eigenvalue weighted by atomic mass is 28.4. The smallest absolute Gasteiger partial charge is 0.408 e. The van der Waals surface area contributed by atoms with Gasteiger partial charge in [-0.3, -0.25) is 19.2 Å². The second-order valence-corrected chi connectivity index (χ2v) is 24.4. The van der Waals surface area contributed by atoms with E-state index in [-0.39, 0.29) is 35.8 Å². The largest absolute Gasteiger partial charge is 0.517 e. The maximum absolute atomic E-state index is 14.6. The molecular weight excluding hydrogens is 797 g/mol. The van der Waals surface area contributed by atoms with Gasteiger partial charge in [0.05, 0.1) is 0 Å². The molecule has 332 valence electrons. The van der Waals surface area contributed by atoms with Crippen molar-refractivity contribution in [3.8, 4) is 0 Å². The monoisotopic (exact) mass is 862 g/mol. The van der Waals surface area contributed by atoms with Crippen molar-refractivity contribution in [3.63, 3.8) is 0 Å². The molecule has 4 amide bonds. The molecule has 0 saturated carbocycles. The Labute approximate surface area is 369 Å². The third kappa shape index (κ3) is 14.7. The molecule has 0 saturated heterocycles. The topological polar surface area (TPSA) is 152 Å². The standard InChI is InChI=1S/C50H66N4O7Si/c1-48(2,3)60-47(59)54-41(33-37-27-19-13-20-28-37)45(57)52-39(31-35-23-15-11-16-24-35)43(55)51-40(32-36-25-17-12-18-26-36)44(56)53-42(34-38-29-21-14-22-30-38)46(58)61-62(10,49(4,5)6)50(7,8)9/h11-30,39-42H,31-34H2,1-10H3,(H,51,55)(H,52,57)(H,53,56)(H,54,59)/t39-,40-,41-,42-/m0/s1. The van der Waals surface area contributed by atoms with Gasteiger partial charge in [-0.25, -0.2) is 4.79 Å². The molecule has 0 spiro atoms. The number of rotatable bonds is 17. The first kappa shape index (κ1) is 48.9. The molecular formula is C50H66N4O7Si. The lowest BCUT2D eigenvalue weighted by molar-refractivity contribution is -0.141. The fraction of sp³-hybridized carbons (Fsp3) is 0.420. The van der Waals surface area contributed by atoms with Crippen LogP contribution in [0.15, 0.2) is 121 Å². The molecule has 0 fully saturated rings. The summed E-state index contributed by atoms with van der Waals surface area (Å²) in [4.78, 5) is 70.9. The van der Waals surface area contributed by atoms with Crippen LogP contribution < -0.4 is 21.3 Å². The lowest BCUT2D eigenvalue weighted by Crippen LogP contribution is -2.60. The molecule has 0 aliphatic carbocycles. The lowest BCUT2D eigenvalue weighted by atomic mass is 10.0. The van der Waals surface area contributed by atoms with Gasteiger partial charge in [0.1, 0.15) is 29.8 Å². The van der Waals surface area contributed by atoms with Gasteiger partial charge in [0, 0.05) is 25.7 Å². The predicted octanol–water partition coefficient (Wildman–Crippen LogP) is 8.02. The van der Waals surface area contributed by atoms with Crippen LogP contribution in [0.3, 0.4) is 0 Å². The quantitative estimate of drug-likeness (QED) is 0.0785. The number of carbonyl (C=O) groups is 5. The van der Waals surface area contributed by atoms with Crippen LogP contribution in [0.4, 0.5) is 4.79 Å². The summed E-state index contributed by atoms with van der Waals surface area (Å²) in [6, 6.07) is 32.5. The zero-order valence-corrected chi connectivity index (χ0v) is 39.0. The average molecular weight is 863 g/mol. The van der Waals surface area contributed by atoms with E-state index in [1.165, 1.54) is 0 Å². The van der Waals surface area contributed by atoms with E-state index in [9.17, 15) is 24.0 Å². The zero-order chi connectivity index (χ0) is 45.7. The highest BCUT2D eigenvalue weighted by Crippen LogP contribution is 2.51. The molecule has 0 heterocycles. The van der Waals surface area contributed by atoms with Crippen molar-refractivity contribution >= 4 is 38.1 Å². The molecule has 4 N–H and O–H groups in total. The van der Waals surface area contributed by atoms with Crippen molar-refractivity contribution in [1.82, 2.24) is 21.3 Å². The third-order valence-electron chi connectivity index (χ3n) is 11.2. The molecule has 0 bridgehead atoms. The number of alkyl carbamates (subject to hydrolysis) is 1. The third-order valence-corrected chi connectivity index (χ3v) is 17.5. The van der Waals surface area contributed by atoms with Crippen molar-refractivity contribution < 1.29 is 33.1 Å². The number of benzene rings is 4. The van der Waals surface area contributed by atoms with Gasteiger partial charge in [-0.1, -0.05) is 163 Å². The van der Waals surface area contributed by atoms with Crippen LogP contribution in [-0.2, 0) is 54.0 Å². The Morgan fingerprint density at radius 1 is 0.452 bits per heavy atom. The highest BCUT2D eigenvalue weighted by molar-refractivity contribution is 6.79. The van der Waals surface area contributed by atoms with Crippen molar-refractivity contribution in [2.24, 2.45) is 0 Å². The minimum atomic E-state index is -2.83. The second-order valence-electron chi connectivity index (χ2n) is 19.1. The Morgan fingerprint density at radius 3 is 1.02 bits per heavy atom. The average Bonchev–Trinajstić information content (AvgIpc) is 3.19. The number of amides is 4. The molecule has 0 unspecified atom stereocenters. The molecule has 11 nitrogen and oxygen atoms in total. The van der Waals surface area contributed by atoms with Crippen LogP contribution >= 0.6 is 0 Å². The molecule has 62 heavy (non-hydrogen) atoms. The normalized spacial score (nSPS) is 14.0. The van der Waals surface area contributed by atoms with Crippen molar-refractivity contribution in [1.29, 1.82) is 0 Å². The van der Waals surface area contributed by atoms with E-state index < -0.39 is 67.9 Å². The van der Waals surface area contributed by atoms with E-state index in [2.05, 4.69) is 69.4 Å². The van der Waals surface area contributed by atoms with Crippen LogP contribution in [0, 0.1) is 0 Å². The van der Waals surface area contributed by atoms with Crippen LogP contribution in [-0.4, -0.2) is 67.9 Å². The van der Waals surface area contributed by atoms with Gasteiger partial charge in [0.2, 0.25) is 17.7 Å². The first-order valence-corrected chi connectivity index (χ1v) is 23.7. The van der Waals surface area contributed by atoms with Gasteiger partial charge >= 0.3 is 12.1 Å². The molecule has 0 aliphatic heterocycles. The lowest BCUT2D eigenvalue weighted by Gasteiger charge is -2.48. The van der Waals surface area contributed by atoms with Crippen molar-refractivity contribution in [2.45, 2.75) is 134 Å². The van der Waals surface area contributed by atoms with Crippen molar-refractivity contribution in [2.75, 3.05) is 0 Å². The van der Waals surface area contributed by atoms with Gasteiger partial charge in [0.15, 0.2) is 0 Å². The number of ether oxygens (including phenoxy) is 1. The summed E-state index contributed by atoms with van der Waals surface area (Å²) < 4.78 is 12.1. The van der Waals surface area contributed by atoms with Gasteiger partial charge in [0.25, 0.3) is 8.32 Å². The molecule has 12 heteroatoms. The first-order chi connectivity index (χ1) is 29.0. The fourth-order valence-electron chi connectivity index (χ4n) is 7.19. The summed E-state index contributed by atoms with van der Waals surface area (Å²) in [5, 5.41) is 10.8. The Kier molecular flexibility index (Phi) is 16.8. The number of hydrogen-bond acceptors (Lipinski definition) is 7. The summed E-state index contributed by atoms with van der Waals surface area (Å²) in [7, 11) is -2.83. The van der Waals surface area contributed by atoms with E-state index in [1.807, 2.05) is 121 Å². The summed E-state index contributed by atoms with van der Waals surface area (Å²) >= 11 is 0. The fourth-order valence-corrected chi connectivity index (χ4v) is 10.6. The maximum Gasteiger partial charge on any atom is 0.408 e. The van der Waals surface area contributed by atoms with Gasteiger partial charge in [-0.2, -0.15) is 0 Å². The van der Waals surface area contributed by atoms with E-state index in [0.717, 1.165) is 22.3 Å². The number of hydrogen-bond donors (Lipinski definition) is 4. The molecule has 0 aliphatic rings. The van der Waals surface area contributed by atoms with E-state index in [4.69, 9.17) is 9.16 Å². The Bertz CT molecular complexity index is 2070. The maximum atomic E-state index is 14.6. The molecule has 0 radical (unpaired) electrons. The second kappa shape index (κ2) is 21.4. The molecule has 0 aromatic heterocycles. The molecule has 4 aromatic rings. The molecule has 4 aromatic carbocycles. The zero-order valence-electron chi connectivity index (χ0n) is 38.0. The van der Waals surface area contributed by atoms with Crippen LogP contribution in [0.2, 0.25) is 16.6 Å². The van der Waals surface area contributed by atoms with Crippen LogP contribution in [0.25, 0.3) is 0 Å². The predicted molar refractivity (Wildman–Crippen MR) is 247 cm³/mol. The highest BCUT2D eigenvalue weighted by Gasteiger charge is 2.54. The van der Waals surface area contributed by atoms with Gasteiger partial charge in [-0.05, 0) is 59.6 Å². The van der Waals surface area contributed by atoms with Gasteiger partial charge in [-0.15, -0.1) is 0 Å². The van der Waals surface area contributed by atoms with E-state index in [0.29, 0.717) is 0 Å². The van der Waals surface area contributed by atoms with E-state index in [1.54, 1.807) is 20.8 Å². The minimum Gasteiger partial charge on any atom is -0.517 e. The summed E-state index contributed by atoms with van der Waals surface area (Å²) in [5.74, 6) is -2.37. The Morgan fingerprint density at radius 2 is 0.726 bits per heavy atom. The van der Waals surface area contributed by atoms with Crippen molar-refractivity contribution in [3.05, 3.63) is 144 Å². The molecule has 4 atom stereocenters. The minimum absolute atomic E-state index is 0.0777. The Balaban J connectivity index is 1.69. The summed E-state index contributed by atoms with van der Waals surface area (Å²) in [6.45, 7) is 19.7. The van der Waals surface area contributed by atoms with Gasteiger partial charge < -0.3 is 30.4 Å². The van der Waals surface area contributed by atoms with Crippen LogP contribution in [0.5, 0.6) is 0 Å². The number of nitrogens with one attached hydrogen (secondary N) is 4. The number of carbonyl (C=O) groups excluding carboxylic acids is 5.